The fourth-order valence-electron chi connectivity index (χ4n) is 2.19. The van der Waals surface area contributed by atoms with Crippen LogP contribution in [0.15, 0.2) is 0 Å². The van der Waals surface area contributed by atoms with Crippen LogP contribution in [0.3, 0.4) is 0 Å². The quantitative estimate of drug-likeness (QED) is 0.773. The van der Waals surface area contributed by atoms with Crippen molar-refractivity contribution in [3.8, 4) is 0 Å². The summed E-state index contributed by atoms with van der Waals surface area (Å²) < 4.78 is 0. The normalized spacial score (nSPS) is 22.8. The summed E-state index contributed by atoms with van der Waals surface area (Å²) in [7, 11) is 1.70. The number of carbonyl (C=O) groups is 1. The summed E-state index contributed by atoms with van der Waals surface area (Å²) in [5.74, 6) is -0.114. The molecule has 1 aromatic heterocycles. The monoisotopic (exact) mass is 285 g/mol. The minimum atomic E-state index is -0.709. The Morgan fingerprint density at radius 1 is 1.21 bits per heavy atom. The van der Waals surface area contributed by atoms with E-state index >= 15 is 0 Å². The molecule has 1 aliphatic rings. The van der Waals surface area contributed by atoms with Gasteiger partial charge in [0.05, 0.1) is 5.92 Å². The number of carboxylic acid groups (broad SMARTS) is 1. The number of halogens is 1. The van der Waals surface area contributed by atoms with Crippen LogP contribution in [0.1, 0.15) is 25.7 Å². The van der Waals surface area contributed by atoms with Gasteiger partial charge in [-0.05, 0) is 37.3 Å². The number of nitrogens with one attached hydrogen (secondary N) is 2. The second kappa shape index (κ2) is 6.01. The zero-order valence-electron chi connectivity index (χ0n) is 10.6. The zero-order chi connectivity index (χ0) is 13.8. The number of nitrogens with zero attached hydrogens (tertiary/aromatic N) is 3. The lowest BCUT2D eigenvalue weighted by atomic mass is 9.86. The molecule has 0 unspecified atom stereocenters. The van der Waals surface area contributed by atoms with Gasteiger partial charge >= 0.3 is 5.97 Å². The van der Waals surface area contributed by atoms with Gasteiger partial charge in [-0.1, -0.05) is 0 Å². The molecule has 104 valence electrons. The summed E-state index contributed by atoms with van der Waals surface area (Å²) in [5.41, 5.74) is 0. The Hall–Kier alpha value is -1.63. The molecule has 1 saturated carbocycles. The van der Waals surface area contributed by atoms with E-state index in [4.69, 9.17) is 16.7 Å². The topological polar surface area (TPSA) is 100 Å². The number of hydrogen-bond donors (Lipinski definition) is 3. The number of aromatic nitrogens is 3. The maximum absolute atomic E-state index is 10.9. The Morgan fingerprint density at radius 3 is 2.42 bits per heavy atom. The van der Waals surface area contributed by atoms with Gasteiger partial charge in [0, 0.05) is 13.1 Å². The molecule has 0 bridgehead atoms. The highest BCUT2D eigenvalue weighted by atomic mass is 35.5. The first-order chi connectivity index (χ1) is 9.08. The molecular formula is C11H16ClN5O2. The van der Waals surface area contributed by atoms with Crippen molar-refractivity contribution < 1.29 is 9.90 Å². The lowest BCUT2D eigenvalue weighted by molar-refractivity contribution is -0.142. The first-order valence-corrected chi connectivity index (χ1v) is 6.55. The largest absolute Gasteiger partial charge is 0.481 e. The zero-order valence-corrected chi connectivity index (χ0v) is 11.3. The first-order valence-electron chi connectivity index (χ1n) is 6.17. The van der Waals surface area contributed by atoms with Crippen molar-refractivity contribution in [3.63, 3.8) is 0 Å². The van der Waals surface area contributed by atoms with Gasteiger partial charge < -0.3 is 15.7 Å². The van der Waals surface area contributed by atoms with Crippen molar-refractivity contribution in [2.75, 3.05) is 17.7 Å². The summed E-state index contributed by atoms with van der Waals surface area (Å²) in [6.07, 6.45) is 2.92. The van der Waals surface area contributed by atoms with Gasteiger partial charge in [-0.15, -0.1) is 0 Å². The highest BCUT2D eigenvalue weighted by Crippen LogP contribution is 2.26. The molecule has 0 aliphatic heterocycles. The Labute approximate surface area is 115 Å². The maximum Gasteiger partial charge on any atom is 0.306 e. The van der Waals surface area contributed by atoms with Crippen molar-refractivity contribution in [1.82, 2.24) is 15.0 Å². The average Bonchev–Trinajstić information content (AvgIpc) is 2.38. The maximum atomic E-state index is 10.9. The van der Waals surface area contributed by atoms with Crippen LogP contribution in [0.5, 0.6) is 0 Å². The Kier molecular flexibility index (Phi) is 4.36. The molecule has 3 N–H and O–H groups in total. The van der Waals surface area contributed by atoms with Gasteiger partial charge in [-0.3, -0.25) is 4.79 Å². The van der Waals surface area contributed by atoms with E-state index in [9.17, 15) is 4.79 Å². The fourth-order valence-corrected chi connectivity index (χ4v) is 2.35. The van der Waals surface area contributed by atoms with E-state index in [0.29, 0.717) is 24.7 Å². The van der Waals surface area contributed by atoms with Gasteiger partial charge in [0.1, 0.15) is 0 Å². The molecular weight excluding hydrogens is 270 g/mol. The Morgan fingerprint density at radius 2 is 1.84 bits per heavy atom. The van der Waals surface area contributed by atoms with Crippen LogP contribution in [-0.4, -0.2) is 39.1 Å². The van der Waals surface area contributed by atoms with Crippen LogP contribution < -0.4 is 10.6 Å². The third-order valence-corrected chi connectivity index (χ3v) is 3.41. The van der Waals surface area contributed by atoms with Crippen LogP contribution in [-0.2, 0) is 4.79 Å². The summed E-state index contributed by atoms with van der Waals surface area (Å²) in [6.45, 7) is 0. The van der Waals surface area contributed by atoms with Gasteiger partial charge in [0.2, 0.25) is 17.2 Å². The molecule has 0 saturated heterocycles. The summed E-state index contributed by atoms with van der Waals surface area (Å²) >= 11 is 5.79. The van der Waals surface area contributed by atoms with E-state index in [0.717, 1.165) is 12.8 Å². The van der Waals surface area contributed by atoms with Crippen LogP contribution in [0, 0.1) is 5.92 Å². The molecule has 1 fully saturated rings. The van der Waals surface area contributed by atoms with Crippen molar-refractivity contribution >= 4 is 29.5 Å². The Bertz CT molecular complexity index is 462. The standard InChI is InChI=1S/C11H16ClN5O2/c1-13-10-15-9(12)16-11(17-10)14-7-4-2-6(3-5-7)8(18)19/h6-7H,2-5H2,1H3,(H,18,19)(H2,13,14,15,16,17)/t6-,7+. The summed E-state index contributed by atoms with van der Waals surface area (Å²) in [4.78, 5) is 22.9. The van der Waals surface area contributed by atoms with Crippen molar-refractivity contribution in [2.45, 2.75) is 31.7 Å². The van der Waals surface area contributed by atoms with Crippen molar-refractivity contribution in [1.29, 1.82) is 0 Å². The van der Waals surface area contributed by atoms with E-state index in [1.807, 2.05) is 0 Å². The van der Waals surface area contributed by atoms with E-state index in [1.54, 1.807) is 7.05 Å². The smallest absolute Gasteiger partial charge is 0.306 e. The molecule has 1 aliphatic carbocycles. The molecule has 2 rings (SSSR count). The summed E-state index contributed by atoms with van der Waals surface area (Å²) in [6, 6.07) is 0.179. The van der Waals surface area contributed by atoms with Crippen LogP contribution in [0.4, 0.5) is 11.9 Å². The predicted octanol–water partition coefficient (Wildman–Crippen LogP) is 1.62. The number of anilines is 2. The average molecular weight is 286 g/mol. The Balaban J connectivity index is 1.95. The minimum Gasteiger partial charge on any atom is -0.481 e. The van der Waals surface area contributed by atoms with Gasteiger partial charge in [-0.2, -0.15) is 15.0 Å². The van der Waals surface area contributed by atoms with Gasteiger partial charge in [-0.25, -0.2) is 0 Å². The molecule has 8 heteroatoms. The van der Waals surface area contributed by atoms with Gasteiger partial charge in [0.15, 0.2) is 0 Å². The SMILES string of the molecule is CNc1nc(Cl)nc(N[C@H]2CC[C@@H](C(=O)O)CC2)n1. The number of aliphatic carboxylic acids is 1. The van der Waals surface area contributed by atoms with Crippen LogP contribution in [0.25, 0.3) is 0 Å². The predicted molar refractivity (Wildman–Crippen MR) is 71.4 cm³/mol. The minimum absolute atomic E-state index is 0.126. The molecule has 0 aromatic carbocycles. The summed E-state index contributed by atoms with van der Waals surface area (Å²) in [5, 5.41) is 15.0. The third kappa shape index (κ3) is 3.66. The third-order valence-electron chi connectivity index (χ3n) is 3.24. The van der Waals surface area contributed by atoms with Gasteiger partial charge in [0.25, 0.3) is 0 Å². The lowest BCUT2D eigenvalue weighted by Crippen LogP contribution is -2.30. The molecule has 1 aromatic rings. The second-order valence-electron chi connectivity index (χ2n) is 4.53. The molecule has 0 radical (unpaired) electrons. The van der Waals surface area contributed by atoms with Crippen molar-refractivity contribution in [2.24, 2.45) is 5.92 Å². The molecule has 19 heavy (non-hydrogen) atoms. The molecule has 0 amide bonds. The highest BCUT2D eigenvalue weighted by Gasteiger charge is 2.26. The van der Waals surface area contributed by atoms with Crippen LogP contribution >= 0.6 is 11.6 Å². The lowest BCUT2D eigenvalue weighted by Gasteiger charge is -2.26. The van der Waals surface area contributed by atoms with E-state index in [1.165, 1.54) is 0 Å². The first kappa shape index (κ1) is 13.8. The molecule has 1 heterocycles. The molecule has 0 spiro atoms. The number of carboxylic acids is 1. The number of hydrogen-bond acceptors (Lipinski definition) is 6. The second-order valence-corrected chi connectivity index (χ2v) is 4.87. The van der Waals surface area contributed by atoms with Crippen LogP contribution in [0.2, 0.25) is 5.28 Å². The van der Waals surface area contributed by atoms with E-state index < -0.39 is 5.97 Å². The van der Waals surface area contributed by atoms with E-state index in [-0.39, 0.29) is 17.2 Å². The molecule has 0 atom stereocenters. The van der Waals surface area contributed by atoms with Crippen molar-refractivity contribution in [3.05, 3.63) is 5.28 Å². The number of rotatable bonds is 4. The van der Waals surface area contributed by atoms with E-state index in [2.05, 4.69) is 25.6 Å². The fraction of sp³-hybridized carbons (Fsp3) is 0.636. The highest BCUT2D eigenvalue weighted by molar-refractivity contribution is 6.28. The molecule has 7 nitrogen and oxygen atoms in total.